The Morgan fingerprint density at radius 1 is 1.41 bits per heavy atom. The lowest BCUT2D eigenvalue weighted by molar-refractivity contribution is -0.129. The molecule has 1 saturated heterocycles. The lowest BCUT2D eigenvalue weighted by Gasteiger charge is -2.15. The van der Waals surface area contributed by atoms with Crippen LogP contribution in [0.4, 0.5) is 0 Å². The van der Waals surface area contributed by atoms with Crippen molar-refractivity contribution in [3.63, 3.8) is 0 Å². The molecule has 17 heavy (non-hydrogen) atoms. The third kappa shape index (κ3) is 3.36. The molecule has 0 bridgehead atoms. The summed E-state index contributed by atoms with van der Waals surface area (Å²) in [4.78, 5) is 14.3. The molecular formula is C12H12BrCl2NO. The van der Waals surface area contributed by atoms with Crippen LogP contribution in [0.1, 0.15) is 12.0 Å². The van der Waals surface area contributed by atoms with Crippen LogP contribution in [-0.2, 0) is 11.2 Å². The number of carbonyl (C=O) groups is 1. The molecule has 1 fully saturated rings. The van der Waals surface area contributed by atoms with Crippen LogP contribution in [-0.4, -0.2) is 28.7 Å². The first-order valence-electron chi connectivity index (χ1n) is 5.42. The Morgan fingerprint density at radius 3 is 2.76 bits per heavy atom. The normalized spacial score (nSPS) is 19.7. The molecule has 0 aromatic heterocycles. The van der Waals surface area contributed by atoms with Gasteiger partial charge in [-0.05, 0) is 24.1 Å². The second-order valence-corrected chi connectivity index (χ2v) is 6.26. The van der Waals surface area contributed by atoms with Crippen LogP contribution >= 0.6 is 39.1 Å². The maximum Gasteiger partial charge on any atom is 0.227 e. The zero-order valence-corrected chi connectivity index (χ0v) is 12.2. The van der Waals surface area contributed by atoms with Gasteiger partial charge >= 0.3 is 0 Å². The van der Waals surface area contributed by atoms with Crippen molar-refractivity contribution in [3.8, 4) is 0 Å². The van der Waals surface area contributed by atoms with Gasteiger partial charge in [-0.1, -0.05) is 45.2 Å². The Hall–Kier alpha value is -0.250. The van der Waals surface area contributed by atoms with Crippen molar-refractivity contribution < 1.29 is 4.79 Å². The van der Waals surface area contributed by atoms with Crippen molar-refractivity contribution in [2.45, 2.75) is 17.7 Å². The molecular weight excluding hydrogens is 325 g/mol. The summed E-state index contributed by atoms with van der Waals surface area (Å²) in [5, 5.41) is 1.02. The summed E-state index contributed by atoms with van der Waals surface area (Å²) in [7, 11) is 0. The predicted molar refractivity (Wildman–Crippen MR) is 74.1 cm³/mol. The smallest absolute Gasteiger partial charge is 0.227 e. The topological polar surface area (TPSA) is 20.3 Å². The molecule has 2 nitrogen and oxygen atoms in total. The first-order valence-corrected chi connectivity index (χ1v) is 7.09. The average molecular weight is 337 g/mol. The fourth-order valence-electron chi connectivity index (χ4n) is 1.88. The molecule has 2 rings (SSSR count). The molecule has 1 unspecified atom stereocenters. The van der Waals surface area contributed by atoms with Crippen LogP contribution in [0.15, 0.2) is 18.2 Å². The number of halogens is 3. The van der Waals surface area contributed by atoms with E-state index in [1.165, 1.54) is 0 Å². The van der Waals surface area contributed by atoms with Gasteiger partial charge in [-0.15, -0.1) is 0 Å². The molecule has 0 radical (unpaired) electrons. The summed E-state index contributed by atoms with van der Waals surface area (Å²) >= 11 is 15.3. The van der Waals surface area contributed by atoms with Gasteiger partial charge in [-0.25, -0.2) is 0 Å². The summed E-state index contributed by atoms with van der Waals surface area (Å²) < 4.78 is 0. The molecule has 1 heterocycles. The van der Waals surface area contributed by atoms with Crippen LogP contribution in [0, 0.1) is 0 Å². The molecule has 1 aliphatic heterocycles. The third-order valence-electron chi connectivity index (χ3n) is 2.82. The second-order valence-electron chi connectivity index (χ2n) is 4.15. The minimum atomic E-state index is 0.144. The number of benzene rings is 1. The van der Waals surface area contributed by atoms with E-state index in [0.717, 1.165) is 25.1 Å². The van der Waals surface area contributed by atoms with Gasteiger partial charge < -0.3 is 4.90 Å². The van der Waals surface area contributed by atoms with E-state index in [0.29, 0.717) is 21.3 Å². The molecule has 92 valence electrons. The zero-order valence-electron chi connectivity index (χ0n) is 9.13. The SMILES string of the molecule is O=C(Cc1ccc(Cl)c(Cl)c1)N1CCC(Br)C1. The van der Waals surface area contributed by atoms with Crippen molar-refractivity contribution in [1.82, 2.24) is 4.90 Å². The number of rotatable bonds is 2. The van der Waals surface area contributed by atoms with Crippen LogP contribution in [0.5, 0.6) is 0 Å². The molecule has 1 aromatic rings. The van der Waals surface area contributed by atoms with E-state index in [-0.39, 0.29) is 5.91 Å². The van der Waals surface area contributed by atoms with Crippen molar-refractivity contribution in [1.29, 1.82) is 0 Å². The van der Waals surface area contributed by atoms with Crippen LogP contribution in [0.25, 0.3) is 0 Å². The highest BCUT2D eigenvalue weighted by molar-refractivity contribution is 9.09. The van der Waals surface area contributed by atoms with E-state index in [1.807, 2.05) is 11.0 Å². The summed E-state index contributed by atoms with van der Waals surface area (Å²) in [5.41, 5.74) is 0.905. The molecule has 0 aliphatic carbocycles. The molecule has 1 aromatic carbocycles. The fourth-order valence-corrected chi connectivity index (χ4v) is 2.76. The number of hydrogen-bond acceptors (Lipinski definition) is 1. The first kappa shape index (κ1) is 13.2. The number of nitrogens with zero attached hydrogens (tertiary/aromatic N) is 1. The highest BCUT2D eigenvalue weighted by Crippen LogP contribution is 2.23. The molecule has 0 N–H and O–H groups in total. The monoisotopic (exact) mass is 335 g/mol. The highest BCUT2D eigenvalue weighted by Gasteiger charge is 2.24. The number of likely N-dealkylation sites (tertiary alicyclic amines) is 1. The molecule has 1 aliphatic rings. The van der Waals surface area contributed by atoms with Gasteiger partial charge in [-0.2, -0.15) is 0 Å². The molecule has 5 heteroatoms. The second kappa shape index (κ2) is 5.59. The standard InChI is InChI=1S/C12H12BrCl2NO/c13-9-3-4-16(7-9)12(17)6-8-1-2-10(14)11(15)5-8/h1-2,5,9H,3-4,6-7H2. The van der Waals surface area contributed by atoms with Crippen molar-refractivity contribution in [3.05, 3.63) is 33.8 Å². The van der Waals surface area contributed by atoms with Gasteiger partial charge in [0.15, 0.2) is 0 Å². The third-order valence-corrected chi connectivity index (χ3v) is 4.31. The van der Waals surface area contributed by atoms with Crippen LogP contribution in [0.2, 0.25) is 10.0 Å². The summed E-state index contributed by atoms with van der Waals surface area (Å²) in [6.07, 6.45) is 1.41. The van der Waals surface area contributed by atoms with Crippen LogP contribution in [0.3, 0.4) is 0 Å². The Morgan fingerprint density at radius 2 is 2.18 bits per heavy atom. The maximum absolute atomic E-state index is 12.0. The summed E-state index contributed by atoms with van der Waals surface area (Å²) in [5.74, 6) is 0.144. The van der Waals surface area contributed by atoms with Crippen molar-refractivity contribution in [2.24, 2.45) is 0 Å². The number of amides is 1. The van der Waals surface area contributed by atoms with Crippen molar-refractivity contribution >= 4 is 45.0 Å². The number of alkyl halides is 1. The molecule has 0 saturated carbocycles. The highest BCUT2D eigenvalue weighted by atomic mass is 79.9. The summed E-state index contributed by atoms with van der Waals surface area (Å²) in [6, 6.07) is 5.32. The van der Waals surface area contributed by atoms with Gasteiger partial charge in [0, 0.05) is 17.9 Å². The average Bonchev–Trinajstić information content (AvgIpc) is 2.70. The Balaban J connectivity index is 2.00. The van der Waals surface area contributed by atoms with E-state index < -0.39 is 0 Å². The lowest BCUT2D eigenvalue weighted by Crippen LogP contribution is -2.30. The first-order chi connectivity index (χ1) is 8.06. The lowest BCUT2D eigenvalue weighted by atomic mass is 10.1. The molecule has 1 amide bonds. The molecule has 1 atom stereocenters. The van der Waals surface area contributed by atoms with E-state index >= 15 is 0 Å². The minimum absolute atomic E-state index is 0.144. The number of hydrogen-bond donors (Lipinski definition) is 0. The maximum atomic E-state index is 12.0. The molecule has 0 spiro atoms. The van der Waals surface area contributed by atoms with Gasteiger partial charge in [-0.3, -0.25) is 4.79 Å². The van der Waals surface area contributed by atoms with Crippen molar-refractivity contribution in [2.75, 3.05) is 13.1 Å². The largest absolute Gasteiger partial charge is 0.341 e. The quantitative estimate of drug-likeness (QED) is 0.756. The summed E-state index contributed by atoms with van der Waals surface area (Å²) in [6.45, 7) is 1.62. The number of carbonyl (C=O) groups excluding carboxylic acids is 1. The fraction of sp³-hybridized carbons (Fsp3) is 0.417. The zero-order chi connectivity index (χ0) is 12.4. The van der Waals surface area contributed by atoms with Crippen LogP contribution < -0.4 is 0 Å². The Kier molecular flexibility index (Phi) is 4.34. The van der Waals surface area contributed by atoms with Gasteiger partial charge in [0.05, 0.1) is 16.5 Å². The predicted octanol–water partition coefficient (Wildman–Crippen LogP) is 3.53. The van der Waals surface area contributed by atoms with Gasteiger partial charge in [0.1, 0.15) is 0 Å². The van der Waals surface area contributed by atoms with Gasteiger partial charge in [0.25, 0.3) is 0 Å². The van der Waals surface area contributed by atoms with E-state index in [1.54, 1.807) is 12.1 Å². The minimum Gasteiger partial charge on any atom is -0.341 e. The van der Waals surface area contributed by atoms with E-state index in [2.05, 4.69) is 15.9 Å². The van der Waals surface area contributed by atoms with E-state index in [4.69, 9.17) is 23.2 Å². The Labute approximate surface area is 119 Å². The van der Waals surface area contributed by atoms with E-state index in [9.17, 15) is 4.79 Å². The Bertz CT molecular complexity index is 439. The van der Waals surface area contributed by atoms with Gasteiger partial charge in [0.2, 0.25) is 5.91 Å².